The molecule has 23 fully saturated rings. The maximum atomic E-state index is 11.6. The number of Topliss-reactive ketones (excluding diaryl/α,β-unsaturated/α-hetero) is 1. The van der Waals surface area contributed by atoms with Crippen molar-refractivity contribution in [3.8, 4) is 0 Å². The molecule has 120 heavy (non-hydrogen) atoms. The summed E-state index contributed by atoms with van der Waals surface area (Å²) in [5.74, 6) is 9.61. The molecule has 14 bridgehead atoms. The van der Waals surface area contributed by atoms with Crippen LogP contribution in [0, 0.1) is 76.9 Å². The fraction of sp³-hybridized carbons (Fsp3) is 0.931. The third-order valence-corrected chi connectivity index (χ3v) is 24.3. The van der Waals surface area contributed by atoms with E-state index in [0.29, 0.717) is 93.0 Å². The maximum absolute atomic E-state index is 11.6. The van der Waals surface area contributed by atoms with Crippen molar-refractivity contribution in [2.45, 2.75) is 459 Å². The maximum Gasteiger partial charge on any atom is 0.312 e. The van der Waals surface area contributed by atoms with Crippen LogP contribution < -0.4 is 0 Å². The summed E-state index contributed by atoms with van der Waals surface area (Å²) in [6.07, 6.45) is 48.4. The van der Waals surface area contributed by atoms with E-state index in [2.05, 4.69) is 9.47 Å². The Morgan fingerprint density at radius 2 is 0.667 bits per heavy atom. The van der Waals surface area contributed by atoms with Gasteiger partial charge in [0.25, 0.3) is 0 Å². The molecule has 13 saturated heterocycles. The van der Waals surface area contributed by atoms with Gasteiger partial charge in [0.05, 0.1) is 62.5 Å². The molecule has 0 aromatic carbocycles. The van der Waals surface area contributed by atoms with Crippen LogP contribution in [0.3, 0.4) is 0 Å². The first-order valence-corrected chi connectivity index (χ1v) is 51.2. The van der Waals surface area contributed by atoms with E-state index in [-0.39, 0.29) is 66.0 Å². The zero-order valence-electron chi connectivity index (χ0n) is 82.2. The number of hydrogen-bond donors (Lipinski definition) is 0. The van der Waals surface area contributed by atoms with Crippen LogP contribution in [-0.4, -0.2) is 157 Å². The monoisotopic (exact) mass is 1710 g/mol. The van der Waals surface area contributed by atoms with Crippen LogP contribution in [0.1, 0.15) is 417 Å². The van der Waals surface area contributed by atoms with Gasteiger partial charge in [-0.15, -0.1) is 0 Å². The summed E-state index contributed by atoms with van der Waals surface area (Å²) < 4.78 is 61.0. The predicted octanol–water partition coefficient (Wildman–Crippen LogP) is 25.2. The molecule has 10 aliphatic carbocycles. The molecule has 710 valence electrons. The number of carbonyl (C=O) groups is 7. The largest absolute Gasteiger partial charge is 0.466 e. The van der Waals surface area contributed by atoms with E-state index in [1.165, 1.54) is 148 Å². The lowest BCUT2D eigenvalue weighted by Gasteiger charge is -2.48. The number of ether oxygens (including phenoxy) is 12. The van der Waals surface area contributed by atoms with Crippen molar-refractivity contribution >= 4 is 41.6 Å². The zero-order valence-corrected chi connectivity index (χ0v) is 82.2. The van der Waals surface area contributed by atoms with Gasteiger partial charge < -0.3 is 56.8 Å². The van der Waals surface area contributed by atoms with Crippen molar-refractivity contribution in [2.75, 3.05) is 72.7 Å². The highest BCUT2D eigenvalue weighted by molar-refractivity contribution is 5.85. The second kappa shape index (κ2) is 77.6. The Labute approximate surface area is 737 Å². The number of cyclic esters (lactones) is 3. The molecule has 0 aromatic heterocycles. The first-order valence-electron chi connectivity index (χ1n) is 51.2. The van der Waals surface area contributed by atoms with Gasteiger partial charge in [-0.05, 0) is 247 Å². The van der Waals surface area contributed by atoms with E-state index in [1.807, 2.05) is 166 Å². The van der Waals surface area contributed by atoms with Gasteiger partial charge in [0, 0.05) is 89.7 Å². The normalized spacial score (nSPS) is 32.8. The van der Waals surface area contributed by atoms with E-state index in [4.69, 9.17) is 47.4 Å². The highest BCUT2D eigenvalue weighted by Gasteiger charge is 2.59. The van der Waals surface area contributed by atoms with Gasteiger partial charge in [-0.1, -0.05) is 185 Å². The molecule has 0 radical (unpaired) electrons. The van der Waals surface area contributed by atoms with Gasteiger partial charge >= 0.3 is 35.8 Å². The molecule has 23 aliphatic rings. The van der Waals surface area contributed by atoms with E-state index >= 15 is 0 Å². The first-order chi connectivity index (χ1) is 58.9. The summed E-state index contributed by atoms with van der Waals surface area (Å²) >= 11 is 0. The van der Waals surface area contributed by atoms with Crippen LogP contribution in [0.4, 0.5) is 0 Å². The third-order valence-electron chi connectivity index (χ3n) is 24.3. The summed E-state index contributed by atoms with van der Waals surface area (Å²) in [5.41, 5.74) is 0. The minimum absolute atomic E-state index is 0.0255. The topological polar surface area (TPSA) is 230 Å². The van der Waals surface area contributed by atoms with Crippen LogP contribution in [0.2, 0.25) is 0 Å². The summed E-state index contributed by atoms with van der Waals surface area (Å²) in [4.78, 5) is 75.2. The van der Waals surface area contributed by atoms with Gasteiger partial charge in [-0.2, -0.15) is 0 Å². The first kappa shape index (κ1) is 118. The van der Waals surface area contributed by atoms with Crippen LogP contribution in [-0.2, 0) is 90.4 Å². The SMILES string of the molecule is C1CC2COC(C1)C2.C1CCCOCC1.C1CCOC1.C1CCOCC1.C1OC2CC3CC1C2C3.CC.CC.CC.CC.CC.CC.CC.CC.CC.CC.CC.CC.O=C1C2CC3CC(C2)CC1C3.O=C1CCCCCO1.O=C1CCCCO1.O=C1CCCO1.O=C1OC2CC3CC1C2C3.O=C1OC2CC3CC1C2O3.O=C1OC2CCCC1C2. The molecular weight excluding hydrogens is 1520 g/mol. The molecule has 0 N–H and O–H groups in total. The number of rotatable bonds is 0. The Morgan fingerprint density at radius 1 is 0.250 bits per heavy atom. The Kier molecular flexibility index (Phi) is 76.5. The second-order valence-corrected chi connectivity index (χ2v) is 31.6. The average Bonchev–Trinajstić information content (AvgIpc) is 1.54. The molecular formula is C101H192O19. The van der Waals surface area contributed by atoms with Gasteiger partial charge in [-0.25, -0.2) is 0 Å². The number of fused-ring (bicyclic) bond motifs is 7. The molecule has 23 rings (SSSR count). The average molecular weight is 1710 g/mol. The van der Waals surface area contributed by atoms with E-state index < -0.39 is 0 Å². The fourth-order valence-electron chi connectivity index (χ4n) is 19.4. The number of hydrogen-bond acceptors (Lipinski definition) is 19. The van der Waals surface area contributed by atoms with E-state index in [0.717, 1.165) is 178 Å². The third kappa shape index (κ3) is 45.1. The van der Waals surface area contributed by atoms with Crippen LogP contribution >= 0.6 is 0 Å². The van der Waals surface area contributed by atoms with Crippen LogP contribution in [0.15, 0.2) is 0 Å². The molecule has 13 heterocycles. The van der Waals surface area contributed by atoms with Gasteiger partial charge in [0.1, 0.15) is 30.2 Å². The summed E-state index contributed by atoms with van der Waals surface area (Å²) in [5, 5.41) is 0. The minimum atomic E-state index is -0.0463. The lowest BCUT2D eigenvalue weighted by Crippen LogP contribution is -2.45. The Morgan fingerprint density at radius 3 is 1.07 bits per heavy atom. The van der Waals surface area contributed by atoms with Gasteiger partial charge in [0.15, 0.2) is 0 Å². The Bertz CT molecular complexity index is 2280. The van der Waals surface area contributed by atoms with Crippen molar-refractivity contribution in [3.63, 3.8) is 0 Å². The molecule has 10 saturated carbocycles. The van der Waals surface area contributed by atoms with Gasteiger partial charge in [0.2, 0.25) is 0 Å². The lowest BCUT2D eigenvalue weighted by molar-refractivity contribution is -0.147. The molecule has 19 nitrogen and oxygen atoms in total. The summed E-state index contributed by atoms with van der Waals surface area (Å²) in [6, 6.07) is 0. The van der Waals surface area contributed by atoms with E-state index in [1.54, 1.807) is 0 Å². The highest BCUT2D eigenvalue weighted by Crippen LogP contribution is 2.56. The van der Waals surface area contributed by atoms with Crippen LogP contribution in [0.5, 0.6) is 0 Å². The molecule has 19 heteroatoms. The van der Waals surface area contributed by atoms with Crippen LogP contribution in [0.25, 0.3) is 0 Å². The zero-order chi connectivity index (χ0) is 90.4. The Balaban J connectivity index is 0. The van der Waals surface area contributed by atoms with Crippen molar-refractivity contribution in [3.05, 3.63) is 0 Å². The summed E-state index contributed by atoms with van der Waals surface area (Å²) in [7, 11) is 0. The molecule has 0 amide bonds. The second-order valence-electron chi connectivity index (χ2n) is 31.6. The van der Waals surface area contributed by atoms with Crippen molar-refractivity contribution < 1.29 is 90.4 Å². The van der Waals surface area contributed by atoms with Crippen molar-refractivity contribution in [2.24, 2.45) is 76.9 Å². The standard InChI is InChI=1S/C10H14O.C8H10O2.C8H12O.C7H8O3.C7H10O2.C7H12O.C6H10O2.C6H12O.C5H8O2.C5H10O.C4H6O2.C4H8O.12C2H6/c11-10-8-2-6-1-7(4-8)5-9(10)3-6;9-8-6-2-4-1-5(6)7(3-4)10-8;1-5-2-7-6(1)4-9-8(7)3-5;8-7-4-1-3-2-5(10-7)6(4)9-3;8-7-5-2-1-3-6(4-5)9-7;1-2-6-4-7(3-1)8-5-6;7-6-4-2-1-3-5-8-6;1-2-4-6-7-5-3-1;6-5-3-1-2-4-7-5;1-2-4-6-5-3-1;5-4-2-1-3-6-4;1-2-4-5-3-1;12*1-2/h6-9H,1-5H2;4-7H,1-3H2;5-8H,1-4H2;3-6H,1-2H2;5-6H,1-4H2;6-7H,1-5H2;1-5H2;1-6H2;1-4H2;1-5H2;1-3H2;1-4H2;12*1-2H3. The molecule has 0 spiro atoms. The number of carbonyl (C=O) groups excluding carboxylic acids is 7. The van der Waals surface area contributed by atoms with E-state index in [9.17, 15) is 33.6 Å². The number of esters is 6. The molecule has 13 aliphatic heterocycles. The van der Waals surface area contributed by atoms with Crippen molar-refractivity contribution in [1.82, 2.24) is 0 Å². The summed E-state index contributed by atoms with van der Waals surface area (Å²) in [6.45, 7) is 58.1. The smallest absolute Gasteiger partial charge is 0.312 e. The minimum Gasteiger partial charge on any atom is -0.466 e. The molecule has 16 unspecified atom stereocenters. The molecule has 0 aromatic rings. The quantitative estimate of drug-likeness (QED) is 0.162. The number of ketones is 1. The fourth-order valence-corrected chi connectivity index (χ4v) is 19.4. The molecule has 16 atom stereocenters. The Hall–Kier alpha value is -3.75. The van der Waals surface area contributed by atoms with Crippen molar-refractivity contribution in [1.29, 1.82) is 0 Å². The predicted molar refractivity (Wildman–Crippen MR) is 490 cm³/mol. The highest BCUT2D eigenvalue weighted by atomic mass is 16.6. The van der Waals surface area contributed by atoms with Gasteiger partial charge in [-0.3, -0.25) is 33.6 Å². The lowest BCUT2D eigenvalue weighted by atomic mass is 9.56.